The van der Waals surface area contributed by atoms with Crippen molar-refractivity contribution in [1.82, 2.24) is 0 Å². The Labute approximate surface area is 82.7 Å². The molecule has 0 unspecified atom stereocenters. The van der Waals surface area contributed by atoms with E-state index in [4.69, 9.17) is 11.6 Å². The minimum atomic E-state index is 0.162. The van der Waals surface area contributed by atoms with Crippen LogP contribution in [0.4, 0.5) is 0 Å². The van der Waals surface area contributed by atoms with Crippen LogP contribution in [0, 0.1) is 5.92 Å². The molecule has 1 aliphatic rings. The van der Waals surface area contributed by atoms with Crippen molar-refractivity contribution >= 4 is 17.4 Å². The van der Waals surface area contributed by atoms with Crippen LogP contribution in [-0.4, -0.2) is 5.78 Å². The van der Waals surface area contributed by atoms with Crippen molar-refractivity contribution in [3.8, 4) is 0 Å². The molecule has 0 saturated carbocycles. The van der Waals surface area contributed by atoms with E-state index in [1.165, 1.54) is 0 Å². The van der Waals surface area contributed by atoms with E-state index in [1.54, 1.807) is 0 Å². The molecular weight excluding hydrogens is 184 g/mol. The number of ketones is 1. The Balaban J connectivity index is 2.49. The van der Waals surface area contributed by atoms with Crippen molar-refractivity contribution in [2.45, 2.75) is 19.8 Å². The second kappa shape index (κ2) is 3.15. The summed E-state index contributed by atoms with van der Waals surface area (Å²) >= 11 is 6.01. The van der Waals surface area contributed by atoms with Crippen molar-refractivity contribution in [3.05, 3.63) is 34.3 Å². The van der Waals surface area contributed by atoms with Gasteiger partial charge in [-0.2, -0.15) is 0 Å². The van der Waals surface area contributed by atoms with Crippen LogP contribution < -0.4 is 0 Å². The highest BCUT2D eigenvalue weighted by molar-refractivity contribution is 6.32. The van der Waals surface area contributed by atoms with Gasteiger partial charge >= 0.3 is 0 Å². The summed E-state index contributed by atoms with van der Waals surface area (Å²) in [7, 11) is 0. The highest BCUT2D eigenvalue weighted by Gasteiger charge is 2.29. The number of benzene rings is 1. The molecular formula is C11H11ClO. The fraction of sp³-hybridized carbons (Fsp3) is 0.364. The van der Waals surface area contributed by atoms with Crippen LogP contribution >= 0.6 is 11.6 Å². The second-order valence-corrected chi connectivity index (χ2v) is 3.85. The van der Waals surface area contributed by atoms with Gasteiger partial charge in [-0.25, -0.2) is 0 Å². The van der Waals surface area contributed by atoms with Gasteiger partial charge in [-0.3, -0.25) is 4.79 Å². The van der Waals surface area contributed by atoms with Crippen LogP contribution in [0.15, 0.2) is 18.2 Å². The number of halogens is 1. The lowest BCUT2D eigenvalue weighted by Crippen LogP contribution is -2.06. The number of fused-ring (bicyclic) bond motifs is 1. The molecule has 1 nitrogen and oxygen atoms in total. The predicted molar refractivity (Wildman–Crippen MR) is 53.3 cm³/mol. The molecule has 1 aliphatic carbocycles. The summed E-state index contributed by atoms with van der Waals surface area (Å²) in [5.41, 5.74) is 1.88. The van der Waals surface area contributed by atoms with Gasteiger partial charge in [-0.1, -0.05) is 30.7 Å². The van der Waals surface area contributed by atoms with Crippen molar-refractivity contribution < 1.29 is 4.79 Å². The molecule has 0 spiro atoms. The Hall–Kier alpha value is -0.820. The molecule has 2 rings (SSSR count). The molecule has 13 heavy (non-hydrogen) atoms. The summed E-state index contributed by atoms with van der Waals surface area (Å²) in [6, 6.07) is 5.57. The number of hydrogen-bond acceptors (Lipinski definition) is 1. The lowest BCUT2D eigenvalue weighted by Gasteiger charge is -2.00. The maximum Gasteiger partial charge on any atom is 0.166 e. The molecule has 1 aromatic carbocycles. The summed E-state index contributed by atoms with van der Waals surface area (Å²) in [5.74, 6) is 0.426. The largest absolute Gasteiger partial charge is 0.294 e. The fourth-order valence-corrected chi connectivity index (χ4v) is 2.14. The van der Waals surface area contributed by atoms with Gasteiger partial charge in [0.25, 0.3) is 0 Å². The summed E-state index contributed by atoms with van der Waals surface area (Å²) in [5, 5.41) is 0.738. The zero-order chi connectivity index (χ0) is 9.42. The van der Waals surface area contributed by atoms with Gasteiger partial charge in [0, 0.05) is 16.5 Å². The molecule has 0 fully saturated rings. The Kier molecular flexibility index (Phi) is 2.12. The highest BCUT2D eigenvalue weighted by Crippen LogP contribution is 2.33. The second-order valence-electron chi connectivity index (χ2n) is 3.44. The van der Waals surface area contributed by atoms with Crippen molar-refractivity contribution in [2.75, 3.05) is 0 Å². The smallest absolute Gasteiger partial charge is 0.166 e. The van der Waals surface area contributed by atoms with Crippen LogP contribution in [0.2, 0.25) is 5.02 Å². The minimum Gasteiger partial charge on any atom is -0.294 e. The van der Waals surface area contributed by atoms with Crippen LogP contribution in [0.5, 0.6) is 0 Å². The molecule has 1 atom stereocenters. The Morgan fingerprint density at radius 1 is 1.54 bits per heavy atom. The number of rotatable bonds is 1. The molecule has 1 aromatic rings. The van der Waals surface area contributed by atoms with E-state index in [9.17, 15) is 4.79 Å². The molecule has 2 heteroatoms. The molecule has 0 aliphatic heterocycles. The SMILES string of the molecule is CC[C@@H]1Cc2c(Cl)cccc2C1=O. The Bertz CT molecular complexity index is 357. The van der Waals surface area contributed by atoms with Gasteiger partial charge in [-0.05, 0) is 24.5 Å². The maximum absolute atomic E-state index is 11.7. The zero-order valence-corrected chi connectivity index (χ0v) is 8.27. The van der Waals surface area contributed by atoms with Crippen LogP contribution in [0.25, 0.3) is 0 Å². The monoisotopic (exact) mass is 194 g/mol. The first-order chi connectivity index (χ1) is 6.24. The lowest BCUT2D eigenvalue weighted by atomic mass is 10.0. The number of hydrogen-bond donors (Lipinski definition) is 0. The third-order valence-corrected chi connectivity index (χ3v) is 3.05. The van der Waals surface area contributed by atoms with E-state index in [0.29, 0.717) is 0 Å². The Morgan fingerprint density at radius 3 is 2.92 bits per heavy atom. The van der Waals surface area contributed by atoms with Crippen molar-refractivity contribution in [1.29, 1.82) is 0 Å². The molecule has 0 radical (unpaired) electrons. The summed E-state index contributed by atoms with van der Waals surface area (Å²) < 4.78 is 0. The lowest BCUT2D eigenvalue weighted by molar-refractivity contribution is 0.0934. The van der Waals surface area contributed by atoms with E-state index < -0.39 is 0 Å². The van der Waals surface area contributed by atoms with Crippen molar-refractivity contribution in [2.24, 2.45) is 5.92 Å². The van der Waals surface area contributed by atoms with Gasteiger partial charge in [0.15, 0.2) is 5.78 Å². The molecule has 0 bridgehead atoms. The van der Waals surface area contributed by atoms with Gasteiger partial charge in [0.2, 0.25) is 0 Å². The van der Waals surface area contributed by atoms with Gasteiger partial charge in [-0.15, -0.1) is 0 Å². The van der Waals surface area contributed by atoms with E-state index in [2.05, 4.69) is 0 Å². The molecule has 0 saturated heterocycles. The quantitative estimate of drug-likeness (QED) is 0.672. The number of Topliss-reactive ketones (excluding diaryl/α,β-unsaturated/α-hetero) is 1. The maximum atomic E-state index is 11.7. The van der Waals surface area contributed by atoms with Crippen LogP contribution in [0.1, 0.15) is 29.3 Å². The summed E-state index contributed by atoms with van der Waals surface area (Å²) in [4.78, 5) is 11.7. The normalized spacial score (nSPS) is 20.5. The molecule has 0 amide bonds. The first-order valence-electron chi connectivity index (χ1n) is 4.55. The zero-order valence-electron chi connectivity index (χ0n) is 7.51. The summed E-state index contributed by atoms with van der Waals surface area (Å²) in [6.07, 6.45) is 1.73. The Morgan fingerprint density at radius 2 is 2.31 bits per heavy atom. The number of carbonyl (C=O) groups excluding carboxylic acids is 1. The first kappa shape index (κ1) is 8.76. The van der Waals surface area contributed by atoms with E-state index in [0.717, 1.165) is 29.0 Å². The standard InChI is InChI=1S/C11H11ClO/c1-2-7-6-9-8(11(7)13)4-3-5-10(9)12/h3-5,7H,2,6H2,1H3/t7-/m1/s1. The molecule has 68 valence electrons. The average Bonchev–Trinajstić information content (AvgIpc) is 2.45. The third kappa shape index (κ3) is 1.28. The average molecular weight is 195 g/mol. The highest BCUT2D eigenvalue weighted by atomic mass is 35.5. The van der Waals surface area contributed by atoms with E-state index in [-0.39, 0.29) is 11.7 Å². The minimum absolute atomic E-state index is 0.162. The molecule has 0 N–H and O–H groups in total. The van der Waals surface area contributed by atoms with Gasteiger partial charge in [0.1, 0.15) is 0 Å². The summed E-state index contributed by atoms with van der Waals surface area (Å²) in [6.45, 7) is 2.04. The van der Waals surface area contributed by atoms with E-state index >= 15 is 0 Å². The molecule has 0 aromatic heterocycles. The third-order valence-electron chi connectivity index (χ3n) is 2.70. The number of carbonyl (C=O) groups is 1. The van der Waals surface area contributed by atoms with Crippen LogP contribution in [-0.2, 0) is 6.42 Å². The van der Waals surface area contributed by atoms with Gasteiger partial charge < -0.3 is 0 Å². The fourth-order valence-electron chi connectivity index (χ4n) is 1.89. The first-order valence-corrected chi connectivity index (χ1v) is 4.93. The van der Waals surface area contributed by atoms with Crippen LogP contribution in [0.3, 0.4) is 0 Å². The predicted octanol–water partition coefficient (Wildman–Crippen LogP) is 3.11. The van der Waals surface area contributed by atoms with Crippen molar-refractivity contribution in [3.63, 3.8) is 0 Å². The topological polar surface area (TPSA) is 17.1 Å². The van der Waals surface area contributed by atoms with E-state index in [1.807, 2.05) is 25.1 Å². The molecule has 0 heterocycles. The van der Waals surface area contributed by atoms with Gasteiger partial charge in [0.05, 0.1) is 0 Å².